The van der Waals surface area contributed by atoms with Gasteiger partial charge in [0.1, 0.15) is 13.5 Å². The first-order chi connectivity index (χ1) is 8.86. The molecule has 1 aromatic carbocycles. The van der Waals surface area contributed by atoms with Crippen molar-refractivity contribution >= 4 is 5.97 Å². The van der Waals surface area contributed by atoms with Gasteiger partial charge in [0.25, 0.3) is 0 Å². The van der Waals surface area contributed by atoms with Crippen LogP contribution in [0.3, 0.4) is 0 Å². The average molecular weight is 243 g/mol. The van der Waals surface area contributed by atoms with E-state index in [1.54, 1.807) is 5.73 Å². The van der Waals surface area contributed by atoms with Gasteiger partial charge in [0.15, 0.2) is 11.5 Å². The summed E-state index contributed by atoms with van der Waals surface area (Å²) in [5.41, 5.74) is 1.63. The van der Waals surface area contributed by atoms with Crippen molar-refractivity contribution in [2.75, 3.05) is 6.61 Å². The van der Waals surface area contributed by atoms with E-state index in [4.69, 9.17) is 7.89 Å². The molecule has 5 N–H and O–H groups in total. The molecule has 0 heterocycles. The molecule has 0 aliphatic heterocycles. The maximum Gasteiger partial charge on any atom is 0.325 e. The Hall–Kier alpha value is -1.79. The lowest BCUT2D eigenvalue weighted by molar-refractivity contribution is -0.147. The summed E-state index contributed by atoms with van der Waals surface area (Å²) in [6.45, 7) is 1.52. The number of nitrogens with two attached hydrogens (primary N) is 1. The van der Waals surface area contributed by atoms with Crippen LogP contribution >= 0.6 is 0 Å². The van der Waals surface area contributed by atoms with Gasteiger partial charge in [-0.1, -0.05) is 6.07 Å². The lowest BCUT2D eigenvalue weighted by Gasteiger charge is -2.17. The van der Waals surface area contributed by atoms with Crippen LogP contribution in [0.25, 0.3) is 0 Å². The van der Waals surface area contributed by atoms with Gasteiger partial charge in [-0.2, -0.15) is 0 Å². The van der Waals surface area contributed by atoms with Crippen molar-refractivity contribution in [3.63, 3.8) is 0 Å². The smallest absolute Gasteiger partial charge is 0.325 e. The molecule has 0 aliphatic carbocycles. The van der Waals surface area contributed by atoms with Gasteiger partial charge in [-0.15, -0.1) is 0 Å². The third kappa shape index (κ3) is 3.08. The number of hydrogen-bond acceptors (Lipinski definition) is 6. The molecule has 0 saturated carbocycles. The Morgan fingerprint density at radius 1 is 1.59 bits per heavy atom. The summed E-state index contributed by atoms with van der Waals surface area (Å²) >= 11 is 0. The molecule has 6 nitrogen and oxygen atoms in total. The molecule has 1 aromatic rings. The molecular formula is C11H15NO5. The van der Waals surface area contributed by atoms with Crippen LogP contribution in [0, 0.1) is 0 Å². The monoisotopic (exact) mass is 243 g/mol. The van der Waals surface area contributed by atoms with E-state index in [-0.39, 0.29) is 12.2 Å². The molecule has 0 saturated heterocycles. The number of aliphatic hydroxyl groups is 1. The summed E-state index contributed by atoms with van der Waals surface area (Å²) in [5.74, 6) is -2.03. The molecule has 17 heavy (non-hydrogen) atoms. The van der Waals surface area contributed by atoms with Crippen LogP contribution < -0.4 is 5.73 Å². The molecule has 94 valence electrons. The van der Waals surface area contributed by atoms with Crippen molar-refractivity contribution in [3.05, 3.63) is 23.8 Å². The number of hydrogen-bond donors (Lipinski definition) is 4. The standard InChI is InChI=1S/C11H15NO5/c1-2-17-11(16)9(12)10(15)6-3-4-7(13)8(14)5-6/h3-5,9-10,13-15H,2,12H2,1H3/t9-,10+/m0/s1/i9D/hD. The van der Waals surface area contributed by atoms with Gasteiger partial charge in [-0.25, -0.2) is 0 Å². The summed E-state index contributed by atoms with van der Waals surface area (Å²) in [6, 6.07) is 0.891. The molecule has 0 radical (unpaired) electrons. The average Bonchev–Trinajstić information content (AvgIpc) is 2.40. The number of esters is 1. The Labute approximate surface area is 101 Å². The number of rotatable bonds is 5. The fourth-order valence-electron chi connectivity index (χ4n) is 1.20. The quantitative estimate of drug-likeness (QED) is 0.428. The van der Waals surface area contributed by atoms with Crippen molar-refractivity contribution in [1.82, 2.24) is 0 Å². The Morgan fingerprint density at radius 3 is 2.82 bits per heavy atom. The van der Waals surface area contributed by atoms with Crippen LogP contribution in [-0.2, 0) is 9.53 Å². The Kier molecular flexibility index (Phi) is 3.36. The topological polar surface area (TPSA) is 113 Å². The van der Waals surface area contributed by atoms with Gasteiger partial charge < -0.3 is 25.8 Å². The lowest BCUT2D eigenvalue weighted by atomic mass is 10.0. The first-order valence-electron chi connectivity index (χ1n) is 5.92. The highest BCUT2D eigenvalue weighted by Crippen LogP contribution is 2.28. The molecule has 0 bridgehead atoms. The van der Waals surface area contributed by atoms with E-state index in [1.807, 2.05) is 0 Å². The zero-order valence-corrected chi connectivity index (χ0v) is 9.17. The third-order valence-corrected chi connectivity index (χ3v) is 2.08. The van der Waals surface area contributed by atoms with Crippen LogP contribution in [0.1, 0.15) is 20.0 Å². The van der Waals surface area contributed by atoms with Gasteiger partial charge in [0, 0.05) is 0 Å². The van der Waals surface area contributed by atoms with Gasteiger partial charge in [0.2, 0.25) is 0 Å². The third-order valence-electron chi connectivity index (χ3n) is 2.08. The second kappa shape index (κ2) is 5.51. The van der Waals surface area contributed by atoms with Crippen LogP contribution in [0.4, 0.5) is 0 Å². The van der Waals surface area contributed by atoms with E-state index in [0.717, 1.165) is 12.1 Å². The largest absolute Gasteiger partial charge is 0.504 e. The van der Waals surface area contributed by atoms with E-state index in [2.05, 4.69) is 4.74 Å². The molecule has 0 aliphatic rings. The van der Waals surface area contributed by atoms with E-state index >= 15 is 0 Å². The fourth-order valence-corrected chi connectivity index (χ4v) is 1.20. The van der Waals surface area contributed by atoms with Gasteiger partial charge >= 0.3 is 5.97 Å². The van der Waals surface area contributed by atoms with Crippen molar-refractivity contribution < 1.29 is 27.6 Å². The minimum absolute atomic E-state index is 0.00527. The second-order valence-corrected chi connectivity index (χ2v) is 3.28. The molecule has 1 rings (SSSR count). The van der Waals surface area contributed by atoms with E-state index in [9.17, 15) is 15.0 Å². The Morgan fingerprint density at radius 2 is 2.29 bits per heavy atom. The molecule has 0 unspecified atom stereocenters. The molecule has 0 spiro atoms. The first kappa shape index (κ1) is 10.4. The summed E-state index contributed by atoms with van der Waals surface area (Å²) < 4.78 is 19.4. The van der Waals surface area contributed by atoms with Crippen LogP contribution in [0.2, 0.25) is 1.41 Å². The number of phenols is 2. The molecule has 6 heteroatoms. The highest BCUT2D eigenvalue weighted by molar-refractivity contribution is 5.76. The predicted molar refractivity (Wildman–Crippen MR) is 59.3 cm³/mol. The molecule has 0 fully saturated rings. The molecule has 2 atom stereocenters. The van der Waals surface area contributed by atoms with Crippen LogP contribution in [0.15, 0.2) is 18.2 Å². The molecule has 0 amide bonds. The normalized spacial score (nSPS) is 17.5. The van der Waals surface area contributed by atoms with E-state index in [0.29, 0.717) is 0 Å². The highest BCUT2D eigenvalue weighted by atomic mass is 16.5. The number of carbonyl (C=O) groups excluding carboxylic acids is 1. The van der Waals surface area contributed by atoms with Crippen molar-refractivity contribution in [1.29, 1.82) is 0 Å². The van der Waals surface area contributed by atoms with Crippen molar-refractivity contribution in [2.24, 2.45) is 5.73 Å². The van der Waals surface area contributed by atoms with Crippen LogP contribution in [0.5, 0.6) is 11.5 Å². The summed E-state index contributed by atoms with van der Waals surface area (Å²) in [6.07, 6.45) is -1.75. The van der Waals surface area contributed by atoms with Gasteiger partial charge in [-0.05, 0) is 24.6 Å². The first-order valence-corrected chi connectivity index (χ1v) is 4.92. The minimum atomic E-state index is -2.43. The number of phenolic OH excluding ortho intramolecular Hbond substituents is 2. The van der Waals surface area contributed by atoms with Gasteiger partial charge in [0.05, 0.1) is 7.98 Å². The van der Waals surface area contributed by atoms with Crippen molar-refractivity contribution in [2.45, 2.75) is 19.0 Å². The zero-order chi connectivity index (χ0) is 14.6. The highest BCUT2D eigenvalue weighted by Gasteiger charge is 2.25. The van der Waals surface area contributed by atoms with Gasteiger partial charge in [-0.3, -0.25) is 4.79 Å². The summed E-state index contributed by atoms with van der Waals surface area (Å²) in [4.78, 5) is 11.6. The summed E-state index contributed by atoms with van der Waals surface area (Å²) in [5, 5.41) is 28.5. The minimum Gasteiger partial charge on any atom is -0.504 e. The second-order valence-electron chi connectivity index (χ2n) is 3.28. The van der Waals surface area contributed by atoms with E-state index in [1.165, 1.54) is 13.0 Å². The Balaban J connectivity index is 3.10. The summed E-state index contributed by atoms with van der Waals surface area (Å²) in [7, 11) is 0. The zero-order valence-electron chi connectivity index (χ0n) is 11.2. The maximum atomic E-state index is 11.6. The molecule has 0 aromatic heterocycles. The fraction of sp³-hybridized carbons (Fsp3) is 0.364. The Bertz CT molecular complexity index is 470. The van der Waals surface area contributed by atoms with E-state index < -0.39 is 29.6 Å². The molecular weight excluding hydrogens is 226 g/mol. The lowest BCUT2D eigenvalue weighted by Crippen LogP contribution is -2.38. The number of carbonyl (C=O) groups is 1. The number of benzene rings is 1. The van der Waals surface area contributed by atoms with Crippen LogP contribution in [-0.4, -0.2) is 33.9 Å². The number of aromatic hydroxyl groups is 2. The SMILES string of the molecule is [2H]N[C@]([2H])(C(=O)OCC)[C@H](O)c1ccc(O)c(O)c1. The number of aliphatic hydroxyl groups excluding tert-OH is 1. The predicted octanol–water partition coefficient (Wildman–Crippen LogP) is 0.0216. The van der Waals surface area contributed by atoms with Crippen molar-refractivity contribution in [3.8, 4) is 11.5 Å². The number of ether oxygens (including phenoxy) is 1. The maximum absolute atomic E-state index is 11.6.